The molecule has 2 unspecified atom stereocenters. The van der Waals surface area contributed by atoms with E-state index in [0.717, 1.165) is 0 Å². The summed E-state index contributed by atoms with van der Waals surface area (Å²) >= 11 is 5.64. The number of nitrogens with one attached hydrogen (secondary N) is 1. The van der Waals surface area contributed by atoms with Crippen LogP contribution in [0, 0.1) is 45.3 Å². The number of nitriles is 3. The molecule has 29 heavy (non-hydrogen) atoms. The van der Waals surface area contributed by atoms with Crippen molar-refractivity contribution in [3.05, 3.63) is 52.7 Å². The van der Waals surface area contributed by atoms with E-state index in [1.807, 2.05) is 18.0 Å². The molecule has 146 valence electrons. The molecule has 0 spiro atoms. The van der Waals surface area contributed by atoms with Gasteiger partial charge in [-0.2, -0.15) is 15.8 Å². The number of nitrogens with zero attached hydrogens (tertiary/aromatic N) is 4. The Morgan fingerprint density at radius 3 is 2.52 bits per heavy atom. The highest BCUT2D eigenvalue weighted by molar-refractivity contribution is 6.27. The predicted molar refractivity (Wildman–Crippen MR) is 105 cm³/mol. The number of phenolic OH excluding ortho intramolecular Hbond substituents is 1. The fourth-order valence-corrected chi connectivity index (χ4v) is 4.25. The Morgan fingerprint density at radius 2 is 1.97 bits per heavy atom. The maximum atomic E-state index is 12.1. The van der Waals surface area contributed by atoms with Crippen molar-refractivity contribution in [2.24, 2.45) is 11.3 Å². The molecule has 1 heterocycles. The average molecular weight is 408 g/mol. The van der Waals surface area contributed by atoms with Gasteiger partial charge in [0.05, 0.1) is 23.4 Å². The van der Waals surface area contributed by atoms with Crippen molar-refractivity contribution in [1.29, 1.82) is 15.8 Å². The van der Waals surface area contributed by atoms with Gasteiger partial charge in [0.25, 0.3) is 0 Å². The third-order valence-electron chi connectivity index (χ3n) is 5.44. The largest absolute Gasteiger partial charge is 0.508 e. The van der Waals surface area contributed by atoms with Gasteiger partial charge in [0.15, 0.2) is 5.41 Å². The lowest BCUT2D eigenvalue weighted by Crippen LogP contribution is -2.49. The maximum absolute atomic E-state index is 12.1. The van der Waals surface area contributed by atoms with Crippen molar-refractivity contribution in [2.45, 2.75) is 5.92 Å². The fourth-order valence-electron chi connectivity index (χ4n) is 4.18. The Kier molecular flexibility index (Phi) is 5.62. The van der Waals surface area contributed by atoms with Crippen molar-refractivity contribution >= 4 is 17.5 Å². The lowest BCUT2D eigenvalue weighted by molar-refractivity contribution is -0.118. The summed E-state index contributed by atoms with van der Waals surface area (Å²) < 4.78 is 0. The zero-order valence-corrected chi connectivity index (χ0v) is 16.4. The van der Waals surface area contributed by atoms with Crippen molar-refractivity contribution in [1.82, 2.24) is 10.2 Å². The molecule has 0 fully saturated rings. The van der Waals surface area contributed by atoms with Crippen LogP contribution in [-0.2, 0) is 4.79 Å². The molecular weight excluding hydrogens is 390 g/mol. The smallest absolute Gasteiger partial charge is 0.239 e. The Hall–Kier alpha value is -3.31. The van der Waals surface area contributed by atoms with Gasteiger partial charge < -0.3 is 15.3 Å². The van der Waals surface area contributed by atoms with E-state index in [2.05, 4.69) is 23.5 Å². The van der Waals surface area contributed by atoms with Crippen LogP contribution in [0.5, 0.6) is 5.75 Å². The fraction of sp³-hybridized carbons (Fsp3) is 0.333. The molecule has 1 aromatic carbocycles. The number of hydrogen-bond acceptors (Lipinski definition) is 6. The van der Waals surface area contributed by atoms with Gasteiger partial charge in [0.1, 0.15) is 17.7 Å². The van der Waals surface area contributed by atoms with Gasteiger partial charge in [-0.3, -0.25) is 4.79 Å². The van der Waals surface area contributed by atoms with Crippen molar-refractivity contribution in [3.8, 4) is 24.0 Å². The molecule has 2 N–H and O–H groups in total. The van der Waals surface area contributed by atoms with Crippen LogP contribution in [0.25, 0.3) is 0 Å². The maximum Gasteiger partial charge on any atom is 0.239 e. The van der Waals surface area contributed by atoms with Crippen molar-refractivity contribution < 1.29 is 9.90 Å². The number of phenols is 1. The van der Waals surface area contributed by atoms with Crippen LogP contribution in [0.3, 0.4) is 0 Å². The summed E-state index contributed by atoms with van der Waals surface area (Å²) in [5.41, 5.74) is -0.328. The van der Waals surface area contributed by atoms with Crippen LogP contribution in [0.4, 0.5) is 0 Å². The normalized spacial score (nSPS) is 23.1. The summed E-state index contributed by atoms with van der Waals surface area (Å²) in [6, 6.07) is 12.6. The number of amides is 1. The number of aromatic hydroxyl groups is 1. The average Bonchev–Trinajstić information content (AvgIpc) is 2.73. The van der Waals surface area contributed by atoms with E-state index < -0.39 is 17.2 Å². The summed E-state index contributed by atoms with van der Waals surface area (Å²) in [6.45, 7) is 1.13. The van der Waals surface area contributed by atoms with Gasteiger partial charge in [-0.1, -0.05) is 18.2 Å². The molecule has 1 aliphatic carbocycles. The zero-order valence-electron chi connectivity index (χ0n) is 15.7. The van der Waals surface area contributed by atoms with Gasteiger partial charge in [0.2, 0.25) is 5.91 Å². The van der Waals surface area contributed by atoms with E-state index in [9.17, 15) is 25.7 Å². The van der Waals surface area contributed by atoms with E-state index in [1.54, 1.807) is 12.1 Å². The third kappa shape index (κ3) is 3.34. The Balaban J connectivity index is 2.35. The van der Waals surface area contributed by atoms with Gasteiger partial charge in [0, 0.05) is 24.9 Å². The number of carbonyl (C=O) groups is 1. The highest BCUT2D eigenvalue weighted by atomic mass is 35.5. The summed E-state index contributed by atoms with van der Waals surface area (Å²) in [4.78, 5) is 14.1. The lowest BCUT2D eigenvalue weighted by Gasteiger charge is -2.45. The highest BCUT2D eigenvalue weighted by Crippen LogP contribution is 2.54. The molecule has 0 radical (unpaired) electrons. The topological polar surface area (TPSA) is 124 Å². The minimum atomic E-state index is -1.80. The molecule has 3 rings (SSSR count). The quantitative estimate of drug-likeness (QED) is 0.739. The molecule has 0 aromatic heterocycles. The van der Waals surface area contributed by atoms with E-state index >= 15 is 0 Å². The minimum absolute atomic E-state index is 0.0271. The number of hydrogen-bond donors (Lipinski definition) is 2. The Morgan fingerprint density at radius 1 is 1.31 bits per heavy atom. The molecular formula is C21H18ClN5O2. The van der Waals surface area contributed by atoms with Gasteiger partial charge in [-0.25, -0.2) is 0 Å². The Bertz CT molecular complexity index is 1010. The van der Waals surface area contributed by atoms with E-state index in [1.165, 1.54) is 12.1 Å². The zero-order chi connectivity index (χ0) is 21.2. The summed E-state index contributed by atoms with van der Waals surface area (Å²) in [5, 5.41) is 42.4. The highest BCUT2D eigenvalue weighted by Gasteiger charge is 2.55. The molecule has 2 aliphatic rings. The van der Waals surface area contributed by atoms with Gasteiger partial charge >= 0.3 is 0 Å². The number of likely N-dealkylation sites (N-methyl/N-ethyl adjacent to an activating group) is 1. The second kappa shape index (κ2) is 7.97. The first-order chi connectivity index (χ1) is 13.9. The van der Waals surface area contributed by atoms with E-state index in [-0.39, 0.29) is 28.8 Å². The van der Waals surface area contributed by atoms with Crippen LogP contribution in [0.1, 0.15) is 11.5 Å². The molecule has 1 aromatic rings. The first-order valence-corrected chi connectivity index (χ1v) is 9.46. The SMILES string of the molecule is CN1CC=C2C(C#N)=C(NC(=O)CCl)C(C#N)(C#N)C(c3ccc(O)cc3)C2C1. The number of halogens is 1. The second-order valence-corrected chi connectivity index (χ2v) is 7.40. The van der Waals surface area contributed by atoms with Crippen LogP contribution < -0.4 is 5.32 Å². The molecule has 7 nitrogen and oxygen atoms in total. The molecule has 0 saturated heterocycles. The molecule has 1 aliphatic heterocycles. The second-order valence-electron chi connectivity index (χ2n) is 7.13. The molecule has 0 bridgehead atoms. The van der Waals surface area contributed by atoms with Crippen LogP contribution in [0.15, 0.2) is 47.2 Å². The van der Waals surface area contributed by atoms with Crippen molar-refractivity contribution in [3.63, 3.8) is 0 Å². The number of benzene rings is 1. The van der Waals surface area contributed by atoms with Gasteiger partial charge in [-0.15, -0.1) is 11.6 Å². The van der Waals surface area contributed by atoms with Crippen molar-refractivity contribution in [2.75, 3.05) is 26.0 Å². The van der Waals surface area contributed by atoms with Crippen LogP contribution in [-0.4, -0.2) is 41.9 Å². The number of alkyl halides is 1. The number of rotatable bonds is 3. The minimum Gasteiger partial charge on any atom is -0.508 e. The molecule has 0 saturated carbocycles. The Labute approximate surface area is 173 Å². The standard InChI is InChI=1S/C21H18ClN5O2/c1-27-7-6-15-16(9-23)20(26-18(29)8-22)21(11-24,12-25)19(17(15)10-27)13-2-4-14(28)5-3-13/h2-6,17,19,28H,7-8,10H2,1H3,(H,26,29). The summed E-state index contributed by atoms with van der Waals surface area (Å²) in [5.74, 6) is -1.88. The molecule has 8 heteroatoms. The van der Waals surface area contributed by atoms with E-state index in [0.29, 0.717) is 24.2 Å². The van der Waals surface area contributed by atoms with Gasteiger partial charge in [-0.05, 0) is 30.3 Å². The monoisotopic (exact) mass is 407 g/mol. The lowest BCUT2D eigenvalue weighted by atomic mass is 9.58. The predicted octanol–water partition coefficient (Wildman–Crippen LogP) is 2.14. The van der Waals surface area contributed by atoms with Crippen LogP contribution >= 0.6 is 11.6 Å². The summed E-state index contributed by atoms with van der Waals surface area (Å²) in [7, 11) is 1.92. The first-order valence-electron chi connectivity index (χ1n) is 8.92. The number of allylic oxidation sites excluding steroid dienone is 2. The number of carbonyl (C=O) groups excluding carboxylic acids is 1. The van der Waals surface area contributed by atoms with E-state index in [4.69, 9.17) is 11.6 Å². The first kappa shape index (κ1) is 20.4. The molecule has 1 amide bonds. The molecule has 2 atom stereocenters. The number of fused-ring (bicyclic) bond motifs is 1. The van der Waals surface area contributed by atoms with Crippen LogP contribution in [0.2, 0.25) is 0 Å². The third-order valence-corrected chi connectivity index (χ3v) is 5.68. The summed E-state index contributed by atoms with van der Waals surface area (Å²) in [6.07, 6.45) is 1.89.